The summed E-state index contributed by atoms with van der Waals surface area (Å²) < 4.78 is 5.38. The lowest BCUT2D eigenvalue weighted by molar-refractivity contribution is 0.175. The van der Waals surface area contributed by atoms with Crippen molar-refractivity contribution in [1.29, 1.82) is 0 Å². The fourth-order valence-corrected chi connectivity index (χ4v) is 3.56. The first-order valence-electron chi connectivity index (χ1n) is 7.86. The Balaban J connectivity index is 1.92. The lowest BCUT2D eigenvalue weighted by Crippen LogP contribution is -2.41. The van der Waals surface area contributed by atoms with Crippen LogP contribution in [0, 0.1) is 6.92 Å². The molecule has 0 bridgehead atoms. The molecule has 1 heterocycles. The predicted molar refractivity (Wildman–Crippen MR) is 82.0 cm³/mol. The molecule has 2 fully saturated rings. The predicted octanol–water partition coefficient (Wildman–Crippen LogP) is 3.02. The average Bonchev–Trinajstić information content (AvgIpc) is 3.25. The van der Waals surface area contributed by atoms with Gasteiger partial charge in [0.1, 0.15) is 5.75 Å². The highest BCUT2D eigenvalue weighted by atomic mass is 16.5. The Morgan fingerprint density at radius 3 is 2.65 bits per heavy atom. The van der Waals surface area contributed by atoms with Crippen LogP contribution < -0.4 is 10.5 Å². The maximum absolute atomic E-state index is 6.51. The van der Waals surface area contributed by atoms with Crippen molar-refractivity contribution in [2.45, 2.75) is 57.2 Å². The van der Waals surface area contributed by atoms with Gasteiger partial charge in [-0.1, -0.05) is 18.6 Å². The summed E-state index contributed by atoms with van der Waals surface area (Å²) >= 11 is 0. The zero-order valence-electron chi connectivity index (χ0n) is 12.6. The fraction of sp³-hybridized carbons (Fsp3) is 0.647. The van der Waals surface area contributed by atoms with Crippen LogP contribution in [-0.2, 0) is 0 Å². The van der Waals surface area contributed by atoms with E-state index in [4.69, 9.17) is 10.5 Å². The number of aryl methyl sites for hydroxylation is 1. The van der Waals surface area contributed by atoms with Crippen LogP contribution in [0.4, 0.5) is 0 Å². The molecule has 3 nitrogen and oxygen atoms in total. The standard InChI is InChI=1S/C17H26N2O/c1-12-11-13(6-9-16(12)20-2)17-15(18)5-3-4-10-19(17)14-7-8-14/h6,9,11,14-15,17H,3-5,7-8,10,18H2,1-2H3. The van der Waals surface area contributed by atoms with Gasteiger partial charge in [-0.2, -0.15) is 0 Å². The Hall–Kier alpha value is -1.06. The van der Waals surface area contributed by atoms with E-state index in [1.807, 2.05) is 0 Å². The smallest absolute Gasteiger partial charge is 0.121 e. The molecule has 2 aliphatic rings. The van der Waals surface area contributed by atoms with Crippen LogP contribution in [0.3, 0.4) is 0 Å². The van der Waals surface area contributed by atoms with Crippen LogP contribution >= 0.6 is 0 Å². The van der Waals surface area contributed by atoms with Gasteiger partial charge in [0.05, 0.1) is 13.2 Å². The molecule has 1 aromatic carbocycles. The van der Waals surface area contributed by atoms with E-state index < -0.39 is 0 Å². The molecule has 2 atom stereocenters. The van der Waals surface area contributed by atoms with E-state index in [1.165, 1.54) is 43.4 Å². The van der Waals surface area contributed by atoms with Gasteiger partial charge >= 0.3 is 0 Å². The molecule has 0 radical (unpaired) electrons. The summed E-state index contributed by atoms with van der Waals surface area (Å²) in [6.07, 6.45) is 6.38. The Labute approximate surface area is 122 Å². The molecule has 2 N–H and O–H groups in total. The van der Waals surface area contributed by atoms with Crippen molar-refractivity contribution in [3.05, 3.63) is 29.3 Å². The van der Waals surface area contributed by atoms with Crippen LogP contribution in [0.5, 0.6) is 5.75 Å². The molecular formula is C17H26N2O. The van der Waals surface area contributed by atoms with Crippen molar-refractivity contribution in [3.8, 4) is 5.75 Å². The molecular weight excluding hydrogens is 248 g/mol. The van der Waals surface area contributed by atoms with Gasteiger partial charge in [-0.15, -0.1) is 0 Å². The number of nitrogens with two attached hydrogens (primary N) is 1. The molecule has 0 amide bonds. The number of methoxy groups -OCH3 is 1. The van der Waals surface area contributed by atoms with Crippen LogP contribution in [0.25, 0.3) is 0 Å². The van der Waals surface area contributed by atoms with Crippen LogP contribution in [0.2, 0.25) is 0 Å². The number of hydrogen-bond acceptors (Lipinski definition) is 3. The molecule has 20 heavy (non-hydrogen) atoms. The molecule has 3 heteroatoms. The lowest BCUT2D eigenvalue weighted by atomic mass is 9.94. The minimum absolute atomic E-state index is 0.255. The van der Waals surface area contributed by atoms with Gasteiger partial charge in [0.25, 0.3) is 0 Å². The number of rotatable bonds is 3. The quantitative estimate of drug-likeness (QED) is 0.921. The first-order chi connectivity index (χ1) is 9.70. The first kappa shape index (κ1) is 13.9. The summed E-state index contributed by atoms with van der Waals surface area (Å²) in [5.41, 5.74) is 9.09. The summed E-state index contributed by atoms with van der Waals surface area (Å²) in [7, 11) is 1.73. The second-order valence-electron chi connectivity index (χ2n) is 6.30. The molecule has 2 unspecified atom stereocenters. The van der Waals surface area contributed by atoms with Crippen molar-refractivity contribution in [3.63, 3.8) is 0 Å². The summed E-state index contributed by atoms with van der Waals surface area (Å²) in [6.45, 7) is 3.32. The van der Waals surface area contributed by atoms with Gasteiger partial charge in [-0.3, -0.25) is 4.90 Å². The number of nitrogens with zero attached hydrogens (tertiary/aromatic N) is 1. The van der Waals surface area contributed by atoms with E-state index in [9.17, 15) is 0 Å². The van der Waals surface area contributed by atoms with Crippen molar-refractivity contribution >= 4 is 0 Å². The maximum atomic E-state index is 6.51. The highest BCUT2D eigenvalue weighted by Gasteiger charge is 2.38. The average molecular weight is 274 g/mol. The number of hydrogen-bond donors (Lipinski definition) is 1. The normalized spacial score (nSPS) is 28.1. The van der Waals surface area contributed by atoms with E-state index in [0.29, 0.717) is 6.04 Å². The first-order valence-corrected chi connectivity index (χ1v) is 7.86. The molecule has 1 aliphatic carbocycles. The van der Waals surface area contributed by atoms with Crippen molar-refractivity contribution in [2.24, 2.45) is 5.73 Å². The monoisotopic (exact) mass is 274 g/mol. The summed E-state index contributed by atoms with van der Waals surface area (Å²) in [5, 5.41) is 0. The summed E-state index contributed by atoms with van der Waals surface area (Å²) in [6, 6.07) is 7.97. The highest BCUT2D eigenvalue weighted by molar-refractivity contribution is 5.38. The Morgan fingerprint density at radius 2 is 2.00 bits per heavy atom. The maximum Gasteiger partial charge on any atom is 0.121 e. The second-order valence-corrected chi connectivity index (χ2v) is 6.30. The van der Waals surface area contributed by atoms with Crippen molar-refractivity contribution in [2.75, 3.05) is 13.7 Å². The highest BCUT2D eigenvalue weighted by Crippen LogP contribution is 2.39. The van der Waals surface area contributed by atoms with Crippen LogP contribution in [-0.4, -0.2) is 30.6 Å². The Morgan fingerprint density at radius 1 is 1.20 bits per heavy atom. The third-order valence-corrected chi connectivity index (χ3v) is 4.74. The topological polar surface area (TPSA) is 38.5 Å². The van der Waals surface area contributed by atoms with Gasteiger partial charge in [0.15, 0.2) is 0 Å². The van der Waals surface area contributed by atoms with Crippen molar-refractivity contribution in [1.82, 2.24) is 4.90 Å². The number of benzene rings is 1. The molecule has 1 aromatic rings. The van der Waals surface area contributed by atoms with E-state index in [2.05, 4.69) is 30.0 Å². The largest absolute Gasteiger partial charge is 0.496 e. The van der Waals surface area contributed by atoms with E-state index in [1.54, 1.807) is 7.11 Å². The number of likely N-dealkylation sites (tertiary alicyclic amines) is 1. The summed E-state index contributed by atoms with van der Waals surface area (Å²) in [5.74, 6) is 0.967. The molecule has 0 aromatic heterocycles. The number of ether oxygens (including phenoxy) is 1. The molecule has 1 saturated carbocycles. The van der Waals surface area contributed by atoms with E-state index in [0.717, 1.165) is 18.2 Å². The zero-order valence-corrected chi connectivity index (χ0v) is 12.6. The Kier molecular flexibility index (Phi) is 3.99. The minimum Gasteiger partial charge on any atom is -0.496 e. The van der Waals surface area contributed by atoms with Gasteiger partial charge < -0.3 is 10.5 Å². The van der Waals surface area contributed by atoms with E-state index in [-0.39, 0.29) is 6.04 Å². The minimum atomic E-state index is 0.255. The SMILES string of the molecule is COc1ccc(C2C(N)CCCCN2C2CC2)cc1C. The molecule has 0 spiro atoms. The molecule has 110 valence electrons. The summed E-state index contributed by atoms with van der Waals surface area (Å²) in [4.78, 5) is 2.67. The second kappa shape index (κ2) is 5.74. The Bertz CT molecular complexity index is 470. The van der Waals surface area contributed by atoms with Crippen LogP contribution in [0.15, 0.2) is 18.2 Å². The third-order valence-electron chi connectivity index (χ3n) is 4.74. The van der Waals surface area contributed by atoms with Crippen LogP contribution in [0.1, 0.15) is 49.3 Å². The van der Waals surface area contributed by atoms with Crippen molar-refractivity contribution < 1.29 is 4.74 Å². The van der Waals surface area contributed by atoms with E-state index >= 15 is 0 Å². The van der Waals surface area contributed by atoms with Gasteiger partial charge in [-0.25, -0.2) is 0 Å². The molecule has 3 rings (SSSR count). The molecule has 1 aliphatic heterocycles. The van der Waals surface area contributed by atoms with Gasteiger partial charge in [0, 0.05) is 12.1 Å². The lowest BCUT2D eigenvalue weighted by Gasteiger charge is -2.34. The zero-order chi connectivity index (χ0) is 14.1. The van der Waals surface area contributed by atoms with Gasteiger partial charge in [0.2, 0.25) is 0 Å². The van der Waals surface area contributed by atoms with Gasteiger partial charge in [-0.05, 0) is 56.3 Å². The fourth-order valence-electron chi connectivity index (χ4n) is 3.56. The molecule has 1 saturated heterocycles. The third kappa shape index (κ3) is 2.70.